The third-order valence-electron chi connectivity index (χ3n) is 2.55. The summed E-state index contributed by atoms with van der Waals surface area (Å²) in [6.45, 7) is 1.61. The molecule has 0 aliphatic rings. The molecule has 3 N–H and O–H groups in total. The lowest BCUT2D eigenvalue weighted by atomic mass is 10.2. The van der Waals surface area contributed by atoms with E-state index < -0.39 is 16.9 Å². The molecule has 1 amide bonds. The zero-order valence-corrected chi connectivity index (χ0v) is 10.2. The number of nitrogens with two attached hydrogens (primary N) is 1. The van der Waals surface area contributed by atoms with E-state index in [1.807, 2.05) is 0 Å². The Bertz CT molecular complexity index is 462. The van der Waals surface area contributed by atoms with Crippen LogP contribution < -0.4 is 15.8 Å². The number of nitro benzene ring substituents is 1. The minimum absolute atomic E-state index is 0.0208. The molecule has 0 aliphatic carbocycles. The normalized spacial score (nSPS) is 11.9. The van der Waals surface area contributed by atoms with Crippen LogP contribution in [0.15, 0.2) is 18.2 Å². The fourth-order valence-electron chi connectivity index (χ4n) is 1.44. The molecule has 0 saturated carbocycles. The largest absolute Gasteiger partial charge is 0.491 e. The number of hydrogen-bond acceptors (Lipinski definition) is 5. The van der Waals surface area contributed by atoms with Gasteiger partial charge in [0, 0.05) is 6.07 Å². The minimum atomic E-state index is -0.635. The molecule has 1 unspecified atom stereocenters. The fourth-order valence-corrected chi connectivity index (χ4v) is 1.44. The number of rotatable bonds is 6. The molecular weight excluding hydrogens is 238 g/mol. The Morgan fingerprint density at radius 1 is 1.61 bits per heavy atom. The number of benzene rings is 1. The molecule has 0 radical (unpaired) electrons. The summed E-state index contributed by atoms with van der Waals surface area (Å²) in [6.07, 6.45) is 0. The SMILES string of the molecule is CNC(COc1cccc([N+](=O)[O-])c1C)C(N)=O. The van der Waals surface area contributed by atoms with Gasteiger partial charge in [-0.3, -0.25) is 14.9 Å². The van der Waals surface area contributed by atoms with Crippen LogP contribution in [0.2, 0.25) is 0 Å². The third-order valence-corrected chi connectivity index (χ3v) is 2.55. The van der Waals surface area contributed by atoms with Gasteiger partial charge in [0.2, 0.25) is 5.91 Å². The summed E-state index contributed by atoms with van der Waals surface area (Å²) >= 11 is 0. The van der Waals surface area contributed by atoms with Gasteiger partial charge in [-0.1, -0.05) is 6.07 Å². The predicted octanol–water partition coefficient (Wildman–Crippen LogP) is 0.355. The van der Waals surface area contributed by atoms with E-state index in [2.05, 4.69) is 5.32 Å². The van der Waals surface area contributed by atoms with Crippen LogP contribution in [0.3, 0.4) is 0 Å². The monoisotopic (exact) mass is 253 g/mol. The highest BCUT2D eigenvalue weighted by Gasteiger charge is 2.17. The summed E-state index contributed by atoms with van der Waals surface area (Å²) < 4.78 is 5.37. The van der Waals surface area contributed by atoms with Crippen molar-refractivity contribution in [2.24, 2.45) is 5.73 Å². The molecule has 7 heteroatoms. The van der Waals surface area contributed by atoms with E-state index in [4.69, 9.17) is 10.5 Å². The van der Waals surface area contributed by atoms with E-state index in [9.17, 15) is 14.9 Å². The maximum absolute atomic E-state index is 11.0. The Kier molecular flexibility index (Phi) is 4.61. The Morgan fingerprint density at radius 3 is 2.78 bits per heavy atom. The summed E-state index contributed by atoms with van der Waals surface area (Å²) in [6, 6.07) is 3.89. The van der Waals surface area contributed by atoms with Gasteiger partial charge in [-0.2, -0.15) is 0 Å². The van der Waals surface area contributed by atoms with E-state index in [1.165, 1.54) is 12.1 Å². The highest BCUT2D eigenvalue weighted by molar-refractivity contribution is 5.80. The van der Waals surface area contributed by atoms with Crippen molar-refractivity contribution in [2.75, 3.05) is 13.7 Å². The van der Waals surface area contributed by atoms with Gasteiger partial charge in [-0.15, -0.1) is 0 Å². The lowest BCUT2D eigenvalue weighted by molar-refractivity contribution is -0.385. The van der Waals surface area contributed by atoms with E-state index in [1.54, 1.807) is 20.0 Å². The zero-order chi connectivity index (χ0) is 13.7. The second-order valence-corrected chi connectivity index (χ2v) is 3.71. The lowest BCUT2D eigenvalue weighted by Gasteiger charge is -2.14. The van der Waals surface area contributed by atoms with Gasteiger partial charge in [-0.05, 0) is 20.0 Å². The summed E-state index contributed by atoms with van der Waals surface area (Å²) in [5, 5.41) is 13.4. The molecule has 1 atom stereocenters. The van der Waals surface area contributed by atoms with Gasteiger partial charge >= 0.3 is 0 Å². The molecule has 1 aromatic rings. The van der Waals surface area contributed by atoms with E-state index in [0.29, 0.717) is 11.3 Å². The van der Waals surface area contributed by atoms with Crippen LogP contribution in [0.5, 0.6) is 5.75 Å². The Labute approximate surface area is 104 Å². The number of nitro groups is 1. The van der Waals surface area contributed by atoms with Gasteiger partial charge in [-0.25, -0.2) is 0 Å². The molecule has 0 saturated heterocycles. The van der Waals surface area contributed by atoms with Crippen molar-refractivity contribution in [3.05, 3.63) is 33.9 Å². The number of likely N-dealkylation sites (N-methyl/N-ethyl adjacent to an activating group) is 1. The molecule has 0 aromatic heterocycles. The number of amides is 1. The summed E-state index contributed by atoms with van der Waals surface area (Å²) in [5.41, 5.74) is 5.54. The van der Waals surface area contributed by atoms with Gasteiger partial charge in [0.1, 0.15) is 18.4 Å². The molecule has 0 bridgehead atoms. The van der Waals surface area contributed by atoms with E-state index in [0.717, 1.165) is 0 Å². The molecule has 7 nitrogen and oxygen atoms in total. The highest BCUT2D eigenvalue weighted by atomic mass is 16.6. The summed E-state index contributed by atoms with van der Waals surface area (Å²) in [7, 11) is 1.58. The number of carbonyl (C=O) groups is 1. The molecule has 18 heavy (non-hydrogen) atoms. The van der Waals surface area contributed by atoms with Gasteiger partial charge < -0.3 is 15.8 Å². The van der Waals surface area contributed by atoms with E-state index in [-0.39, 0.29) is 12.3 Å². The van der Waals surface area contributed by atoms with Crippen LogP contribution in [-0.4, -0.2) is 30.5 Å². The Balaban J connectivity index is 2.82. The molecule has 98 valence electrons. The van der Waals surface area contributed by atoms with Crippen molar-refractivity contribution in [3.63, 3.8) is 0 Å². The number of hydrogen-bond donors (Lipinski definition) is 2. The minimum Gasteiger partial charge on any atom is -0.491 e. The van der Waals surface area contributed by atoms with Crippen molar-refractivity contribution in [2.45, 2.75) is 13.0 Å². The van der Waals surface area contributed by atoms with Crippen molar-refractivity contribution in [1.82, 2.24) is 5.32 Å². The second-order valence-electron chi connectivity index (χ2n) is 3.71. The van der Waals surface area contributed by atoms with Crippen LogP contribution >= 0.6 is 0 Å². The Hall–Kier alpha value is -2.15. The topological polar surface area (TPSA) is 107 Å². The standard InChI is InChI=1S/C11H15N3O4/c1-7-9(14(16)17)4-3-5-10(7)18-6-8(13-2)11(12)15/h3-5,8,13H,6H2,1-2H3,(H2,12,15). The van der Waals surface area contributed by atoms with Crippen LogP contribution in [0.1, 0.15) is 5.56 Å². The zero-order valence-electron chi connectivity index (χ0n) is 10.2. The van der Waals surface area contributed by atoms with Crippen molar-refractivity contribution in [1.29, 1.82) is 0 Å². The molecule has 1 rings (SSSR count). The Morgan fingerprint density at radius 2 is 2.28 bits per heavy atom. The highest BCUT2D eigenvalue weighted by Crippen LogP contribution is 2.26. The van der Waals surface area contributed by atoms with Gasteiger partial charge in [0.05, 0.1) is 10.5 Å². The molecule has 1 aromatic carbocycles. The average Bonchev–Trinajstić information content (AvgIpc) is 2.31. The number of nitrogens with zero attached hydrogens (tertiary/aromatic N) is 1. The number of carbonyl (C=O) groups excluding carboxylic acids is 1. The van der Waals surface area contributed by atoms with Gasteiger partial charge in [0.25, 0.3) is 5.69 Å². The molecule has 0 spiro atoms. The average molecular weight is 253 g/mol. The number of ether oxygens (including phenoxy) is 1. The first kappa shape index (κ1) is 13.9. The maximum atomic E-state index is 11.0. The van der Waals surface area contributed by atoms with Crippen LogP contribution in [0, 0.1) is 17.0 Å². The predicted molar refractivity (Wildman–Crippen MR) is 65.4 cm³/mol. The summed E-state index contributed by atoms with van der Waals surface area (Å²) in [5.74, 6) is -0.175. The van der Waals surface area contributed by atoms with E-state index >= 15 is 0 Å². The van der Waals surface area contributed by atoms with Crippen molar-refractivity contribution >= 4 is 11.6 Å². The first-order valence-electron chi connectivity index (χ1n) is 5.30. The van der Waals surface area contributed by atoms with Crippen LogP contribution in [0.4, 0.5) is 5.69 Å². The molecule has 0 fully saturated rings. The first-order valence-corrected chi connectivity index (χ1v) is 5.30. The van der Waals surface area contributed by atoms with Crippen LogP contribution in [0.25, 0.3) is 0 Å². The second kappa shape index (κ2) is 5.97. The number of primary amides is 1. The fraction of sp³-hybridized carbons (Fsp3) is 0.364. The summed E-state index contributed by atoms with van der Waals surface area (Å²) in [4.78, 5) is 21.2. The quantitative estimate of drug-likeness (QED) is 0.562. The third kappa shape index (κ3) is 3.17. The molecule has 0 heterocycles. The smallest absolute Gasteiger partial charge is 0.276 e. The van der Waals surface area contributed by atoms with Gasteiger partial charge in [0.15, 0.2) is 0 Å². The molecular formula is C11H15N3O4. The number of nitrogens with one attached hydrogen (secondary N) is 1. The maximum Gasteiger partial charge on any atom is 0.276 e. The van der Waals surface area contributed by atoms with Crippen molar-refractivity contribution < 1.29 is 14.5 Å². The van der Waals surface area contributed by atoms with Crippen LogP contribution in [-0.2, 0) is 4.79 Å². The molecule has 0 aliphatic heterocycles. The van der Waals surface area contributed by atoms with Crippen molar-refractivity contribution in [3.8, 4) is 5.75 Å². The lowest BCUT2D eigenvalue weighted by Crippen LogP contribution is -2.43. The first-order chi connectivity index (χ1) is 8.47.